The van der Waals surface area contributed by atoms with Crippen molar-refractivity contribution >= 4 is 21.6 Å². The molecule has 4 heteroatoms. The number of nitrogens with one attached hydrogen (secondary N) is 1. The van der Waals surface area contributed by atoms with Gasteiger partial charge in [0.05, 0.1) is 11.0 Å². The van der Waals surface area contributed by atoms with Crippen LogP contribution in [0.2, 0.25) is 0 Å². The molecule has 1 aromatic carbocycles. The van der Waals surface area contributed by atoms with Gasteiger partial charge in [0.1, 0.15) is 0 Å². The Labute approximate surface area is 66.5 Å². The molecular weight excluding hydrogens is 196 g/mol. The predicted octanol–water partition coefficient (Wildman–Crippen LogP) is 2.54. The van der Waals surface area contributed by atoms with Crippen LogP contribution in [0.3, 0.4) is 0 Å². The molecule has 0 aliphatic rings. The molecule has 0 heterocycles. The van der Waals surface area contributed by atoms with Crippen molar-refractivity contribution in [3.63, 3.8) is 0 Å². The fraction of sp³-hybridized carbons (Fsp3) is 0. The summed E-state index contributed by atoms with van der Waals surface area (Å²) in [6, 6.07) is 7.26. The van der Waals surface area contributed by atoms with E-state index in [1.807, 2.05) is 18.2 Å². The first-order valence-corrected chi connectivity index (χ1v) is 3.47. The number of hydrogen-bond donors (Lipinski definition) is 1. The van der Waals surface area contributed by atoms with Gasteiger partial charge in [0, 0.05) is 4.47 Å². The van der Waals surface area contributed by atoms with Crippen LogP contribution in [0.4, 0.5) is 5.69 Å². The summed E-state index contributed by atoms with van der Waals surface area (Å²) in [4.78, 5) is 9.74. The molecule has 1 aromatic rings. The Morgan fingerprint density at radius 1 is 1.40 bits per heavy atom. The van der Waals surface area contributed by atoms with Crippen molar-refractivity contribution in [1.82, 2.24) is 0 Å². The van der Waals surface area contributed by atoms with E-state index in [0.29, 0.717) is 5.69 Å². The van der Waals surface area contributed by atoms with E-state index in [0.717, 1.165) is 4.47 Å². The highest BCUT2D eigenvalue weighted by molar-refractivity contribution is 9.10. The van der Waals surface area contributed by atoms with Gasteiger partial charge in [-0.15, -0.1) is 4.91 Å². The Morgan fingerprint density at radius 3 is 2.70 bits per heavy atom. The van der Waals surface area contributed by atoms with Crippen molar-refractivity contribution in [3.05, 3.63) is 33.6 Å². The van der Waals surface area contributed by atoms with Crippen molar-refractivity contribution in [2.75, 3.05) is 5.43 Å². The summed E-state index contributed by atoms with van der Waals surface area (Å²) in [7, 11) is 0. The van der Waals surface area contributed by atoms with E-state index in [4.69, 9.17) is 0 Å². The third-order valence-electron chi connectivity index (χ3n) is 1.04. The molecule has 0 saturated carbocycles. The van der Waals surface area contributed by atoms with Crippen LogP contribution < -0.4 is 5.43 Å². The molecular formula is C6H5BrN2O. The van der Waals surface area contributed by atoms with Gasteiger partial charge in [0.15, 0.2) is 0 Å². The molecule has 0 bridgehead atoms. The van der Waals surface area contributed by atoms with Gasteiger partial charge >= 0.3 is 0 Å². The van der Waals surface area contributed by atoms with Crippen molar-refractivity contribution in [1.29, 1.82) is 0 Å². The normalized spacial score (nSPS) is 8.90. The van der Waals surface area contributed by atoms with Crippen LogP contribution in [0.1, 0.15) is 0 Å². The maximum Gasteiger partial charge on any atom is 0.0736 e. The summed E-state index contributed by atoms with van der Waals surface area (Å²) in [5.41, 5.74) is 2.98. The van der Waals surface area contributed by atoms with Gasteiger partial charge in [-0.05, 0) is 28.1 Å². The third kappa shape index (κ3) is 1.54. The molecule has 0 aromatic heterocycles. The molecule has 0 aliphatic heterocycles. The fourth-order valence-electron chi connectivity index (χ4n) is 0.601. The van der Waals surface area contributed by atoms with Crippen LogP contribution in [-0.2, 0) is 0 Å². The predicted molar refractivity (Wildman–Crippen MR) is 43.6 cm³/mol. The topological polar surface area (TPSA) is 41.5 Å². The number of halogens is 1. The van der Waals surface area contributed by atoms with E-state index in [-0.39, 0.29) is 0 Å². The minimum atomic E-state index is 0.678. The Morgan fingerprint density at radius 2 is 2.10 bits per heavy atom. The Hall–Kier alpha value is -0.900. The van der Waals surface area contributed by atoms with E-state index < -0.39 is 0 Å². The monoisotopic (exact) mass is 200 g/mol. The van der Waals surface area contributed by atoms with E-state index >= 15 is 0 Å². The zero-order chi connectivity index (χ0) is 7.40. The summed E-state index contributed by atoms with van der Waals surface area (Å²) in [6.45, 7) is 0. The quantitative estimate of drug-likeness (QED) is 0.589. The summed E-state index contributed by atoms with van der Waals surface area (Å²) in [6.07, 6.45) is 0. The molecule has 0 saturated heterocycles. The van der Waals surface area contributed by atoms with Gasteiger partial charge in [-0.1, -0.05) is 12.1 Å². The Balaban J connectivity index is 2.91. The second-order valence-corrected chi connectivity index (χ2v) is 2.54. The lowest BCUT2D eigenvalue weighted by Gasteiger charge is -1.97. The van der Waals surface area contributed by atoms with Crippen molar-refractivity contribution in [2.45, 2.75) is 0 Å². The molecule has 0 amide bonds. The maximum atomic E-state index is 9.74. The van der Waals surface area contributed by atoms with Gasteiger partial charge in [0.25, 0.3) is 0 Å². The molecule has 0 atom stereocenters. The second-order valence-electron chi connectivity index (χ2n) is 1.68. The summed E-state index contributed by atoms with van der Waals surface area (Å²) in [5.74, 6) is 0. The first-order valence-electron chi connectivity index (χ1n) is 2.67. The summed E-state index contributed by atoms with van der Waals surface area (Å²) < 4.78 is 0.828. The minimum absolute atomic E-state index is 0.678. The van der Waals surface area contributed by atoms with E-state index in [1.165, 1.54) is 0 Å². The van der Waals surface area contributed by atoms with Gasteiger partial charge < -0.3 is 0 Å². The van der Waals surface area contributed by atoms with Crippen molar-refractivity contribution in [2.24, 2.45) is 5.29 Å². The first-order chi connectivity index (χ1) is 4.84. The van der Waals surface area contributed by atoms with Crippen LogP contribution in [0, 0.1) is 4.91 Å². The van der Waals surface area contributed by atoms with Crippen LogP contribution >= 0.6 is 15.9 Å². The SMILES string of the molecule is O=NNc1ccccc1Br. The molecule has 0 fully saturated rings. The number of anilines is 1. The largest absolute Gasteiger partial charge is 0.241 e. The van der Waals surface area contributed by atoms with Gasteiger partial charge in [-0.3, -0.25) is 0 Å². The lowest BCUT2D eigenvalue weighted by molar-refractivity contribution is 1.31. The van der Waals surface area contributed by atoms with Gasteiger partial charge in [-0.25, -0.2) is 5.43 Å². The highest BCUT2D eigenvalue weighted by atomic mass is 79.9. The first kappa shape index (κ1) is 7.21. The maximum absolute atomic E-state index is 9.74. The molecule has 52 valence electrons. The van der Waals surface area contributed by atoms with E-state index in [9.17, 15) is 4.91 Å². The Kier molecular flexibility index (Phi) is 2.39. The number of nitrogens with zero attached hydrogens (tertiary/aromatic N) is 1. The number of nitroso groups, excluding NO2 is 1. The van der Waals surface area contributed by atoms with Crippen LogP contribution in [0.15, 0.2) is 34.0 Å². The Bertz CT molecular complexity index is 239. The number of benzene rings is 1. The molecule has 0 radical (unpaired) electrons. The summed E-state index contributed by atoms with van der Waals surface area (Å²) in [5, 5.41) is 2.54. The average Bonchev–Trinajstić information content (AvgIpc) is 1.94. The van der Waals surface area contributed by atoms with Crippen LogP contribution in [0.5, 0.6) is 0 Å². The molecule has 1 rings (SSSR count). The molecule has 1 N–H and O–H groups in total. The fourth-order valence-corrected chi connectivity index (χ4v) is 0.974. The average molecular weight is 201 g/mol. The van der Waals surface area contributed by atoms with E-state index in [1.54, 1.807) is 6.07 Å². The third-order valence-corrected chi connectivity index (χ3v) is 1.73. The molecule has 3 nitrogen and oxygen atoms in total. The van der Waals surface area contributed by atoms with Crippen molar-refractivity contribution in [3.8, 4) is 0 Å². The molecule has 0 spiro atoms. The number of para-hydroxylation sites is 1. The van der Waals surface area contributed by atoms with Gasteiger partial charge in [0.2, 0.25) is 0 Å². The standard InChI is InChI=1S/C6H5BrN2O/c7-5-3-1-2-4-6(5)8-9-10/h1-4H,(H,8,10). The van der Waals surface area contributed by atoms with Gasteiger partial charge in [-0.2, -0.15) is 0 Å². The molecule has 10 heavy (non-hydrogen) atoms. The van der Waals surface area contributed by atoms with Crippen molar-refractivity contribution < 1.29 is 0 Å². The zero-order valence-electron chi connectivity index (χ0n) is 5.04. The zero-order valence-corrected chi connectivity index (χ0v) is 6.63. The smallest absolute Gasteiger partial charge is 0.0736 e. The minimum Gasteiger partial charge on any atom is -0.241 e. The van der Waals surface area contributed by atoms with Crippen LogP contribution in [0.25, 0.3) is 0 Å². The molecule has 0 unspecified atom stereocenters. The summed E-state index contributed by atoms with van der Waals surface area (Å²) >= 11 is 3.24. The second kappa shape index (κ2) is 3.31. The number of rotatable bonds is 2. The van der Waals surface area contributed by atoms with Crippen LogP contribution in [-0.4, -0.2) is 0 Å². The highest BCUT2D eigenvalue weighted by Gasteiger charge is 1.93. The molecule has 0 aliphatic carbocycles. The lowest BCUT2D eigenvalue weighted by atomic mass is 10.3. The number of hydrogen-bond acceptors (Lipinski definition) is 2. The van der Waals surface area contributed by atoms with E-state index in [2.05, 4.69) is 26.6 Å². The lowest BCUT2D eigenvalue weighted by Crippen LogP contribution is -1.85. The highest BCUT2D eigenvalue weighted by Crippen LogP contribution is 2.20.